The van der Waals surface area contributed by atoms with Crippen LogP contribution in [0.1, 0.15) is 76.3 Å². The van der Waals surface area contributed by atoms with Gasteiger partial charge in [-0.2, -0.15) is 0 Å². The van der Waals surface area contributed by atoms with Crippen molar-refractivity contribution in [3.63, 3.8) is 0 Å². The average Bonchev–Trinajstić information content (AvgIpc) is 2.90. The largest absolute Gasteiger partial charge is 0.497 e. The summed E-state index contributed by atoms with van der Waals surface area (Å²) in [6, 6.07) is 4.15. The molecular formula is C30H51N3O4S. The molecule has 1 aliphatic carbocycles. The Bertz CT molecular complexity index is 985. The highest BCUT2D eigenvalue weighted by Gasteiger charge is 2.31. The van der Waals surface area contributed by atoms with Crippen molar-refractivity contribution in [2.24, 2.45) is 11.8 Å². The van der Waals surface area contributed by atoms with Gasteiger partial charge in [0.15, 0.2) is 0 Å². The van der Waals surface area contributed by atoms with Gasteiger partial charge in [-0.3, -0.25) is 4.79 Å². The Hall–Kier alpha value is -1.48. The molecule has 38 heavy (non-hydrogen) atoms. The highest BCUT2D eigenvalue weighted by Crippen LogP contribution is 2.33. The first-order valence-corrected chi connectivity index (χ1v) is 16.1. The van der Waals surface area contributed by atoms with Crippen molar-refractivity contribution in [3.8, 4) is 5.75 Å². The van der Waals surface area contributed by atoms with Crippen molar-refractivity contribution in [2.75, 3.05) is 53.4 Å². The molecule has 1 saturated carbocycles. The first kappa shape index (κ1) is 31.1. The van der Waals surface area contributed by atoms with Crippen LogP contribution in [0.25, 0.3) is 0 Å². The molecule has 0 amide bonds. The summed E-state index contributed by atoms with van der Waals surface area (Å²) >= 11 is 0. The van der Waals surface area contributed by atoms with Crippen LogP contribution in [0.4, 0.5) is 0 Å². The molecule has 0 unspecified atom stereocenters. The molecule has 0 aromatic heterocycles. The predicted molar refractivity (Wildman–Crippen MR) is 154 cm³/mol. The maximum Gasteiger partial charge on any atom is 0.243 e. The number of hydrogen-bond donors (Lipinski definition) is 0. The summed E-state index contributed by atoms with van der Waals surface area (Å²) in [5, 5.41) is 0. The van der Waals surface area contributed by atoms with E-state index >= 15 is 0 Å². The molecule has 1 saturated heterocycles. The number of likely N-dealkylation sites (tertiary alicyclic amines) is 1. The van der Waals surface area contributed by atoms with Gasteiger partial charge in [-0.15, -0.1) is 0 Å². The van der Waals surface area contributed by atoms with Crippen LogP contribution >= 0.6 is 0 Å². The molecule has 0 N–H and O–H groups in total. The zero-order valence-corrected chi connectivity index (χ0v) is 25.5. The minimum atomic E-state index is -3.67. The maximum atomic E-state index is 13.2. The van der Waals surface area contributed by atoms with Gasteiger partial charge in [0.05, 0.1) is 12.0 Å². The van der Waals surface area contributed by atoms with Crippen LogP contribution < -0.4 is 4.74 Å². The molecule has 2 aliphatic rings. The second-order valence-electron chi connectivity index (χ2n) is 11.5. The Balaban J connectivity index is 1.41. The molecule has 216 valence electrons. The number of Topliss-reactive ketones (excluding diaryl/α,β-unsaturated/α-hetero) is 1. The number of rotatable bonds is 13. The van der Waals surface area contributed by atoms with Crippen molar-refractivity contribution in [3.05, 3.63) is 23.3 Å². The highest BCUT2D eigenvalue weighted by molar-refractivity contribution is 7.89. The molecular weight excluding hydrogens is 498 g/mol. The standard InChI is InChI=1S/C30H51N3O4S/c1-7-32(8-2)22-26-13-17-33(18-14-26)27-11-9-25(10-12-27)21-28(34)15-16-31(5)38(35,36)30-23(3)19-29(37-6)20-24(30)4/h19-20,25-27H,7-18,21-22H2,1-6H3. The molecule has 8 heteroatoms. The van der Waals surface area contributed by atoms with E-state index in [1.807, 2.05) is 0 Å². The summed E-state index contributed by atoms with van der Waals surface area (Å²) in [6.07, 6.45) is 8.03. The van der Waals surface area contributed by atoms with Crippen molar-refractivity contribution in [2.45, 2.75) is 90.0 Å². The van der Waals surface area contributed by atoms with Gasteiger partial charge >= 0.3 is 0 Å². The van der Waals surface area contributed by atoms with Gasteiger partial charge in [0.1, 0.15) is 11.5 Å². The Morgan fingerprint density at radius 3 is 2.08 bits per heavy atom. The molecule has 2 fully saturated rings. The second-order valence-corrected chi connectivity index (χ2v) is 13.5. The third-order valence-electron chi connectivity index (χ3n) is 8.95. The minimum absolute atomic E-state index is 0.177. The molecule has 1 heterocycles. The van der Waals surface area contributed by atoms with Crippen molar-refractivity contribution in [1.82, 2.24) is 14.1 Å². The zero-order chi connectivity index (χ0) is 27.9. The lowest BCUT2D eigenvalue weighted by molar-refractivity contribution is -0.120. The van der Waals surface area contributed by atoms with Gasteiger partial charge in [0, 0.05) is 39.0 Å². The molecule has 0 atom stereocenters. The van der Waals surface area contributed by atoms with Crippen LogP contribution in [0, 0.1) is 25.7 Å². The van der Waals surface area contributed by atoms with E-state index in [0.29, 0.717) is 40.2 Å². The summed E-state index contributed by atoms with van der Waals surface area (Å²) in [4.78, 5) is 18.4. The van der Waals surface area contributed by atoms with Crippen LogP contribution in [0.2, 0.25) is 0 Å². The molecule has 0 radical (unpaired) electrons. The number of ketones is 1. The zero-order valence-electron chi connectivity index (χ0n) is 24.7. The van der Waals surface area contributed by atoms with Crippen LogP contribution in [0.3, 0.4) is 0 Å². The molecule has 0 bridgehead atoms. The van der Waals surface area contributed by atoms with Crippen molar-refractivity contribution < 1.29 is 17.9 Å². The van der Waals surface area contributed by atoms with E-state index in [9.17, 15) is 13.2 Å². The highest BCUT2D eigenvalue weighted by atomic mass is 32.2. The van der Waals surface area contributed by atoms with Gasteiger partial charge in [0.25, 0.3) is 0 Å². The molecule has 0 spiro atoms. The van der Waals surface area contributed by atoms with Crippen LogP contribution in [0.15, 0.2) is 17.0 Å². The molecule has 1 aromatic carbocycles. The number of methoxy groups -OCH3 is 1. The second kappa shape index (κ2) is 14.2. The lowest BCUT2D eigenvalue weighted by Crippen LogP contribution is -2.45. The van der Waals surface area contributed by atoms with Crippen molar-refractivity contribution >= 4 is 15.8 Å². The fourth-order valence-corrected chi connectivity index (χ4v) is 8.05. The third-order valence-corrected chi connectivity index (χ3v) is 11.1. The fourth-order valence-electron chi connectivity index (χ4n) is 6.48. The van der Waals surface area contributed by atoms with E-state index in [2.05, 4.69) is 23.6 Å². The van der Waals surface area contributed by atoms with Gasteiger partial charge in [-0.05, 0) is 114 Å². The van der Waals surface area contributed by atoms with E-state index < -0.39 is 10.0 Å². The first-order valence-electron chi connectivity index (χ1n) is 14.7. The number of sulfonamides is 1. The van der Waals surface area contributed by atoms with Gasteiger partial charge < -0.3 is 14.5 Å². The Morgan fingerprint density at radius 2 is 1.55 bits per heavy atom. The van der Waals surface area contributed by atoms with Crippen LogP contribution in [-0.4, -0.2) is 87.8 Å². The Labute approximate surface area is 231 Å². The van der Waals surface area contributed by atoms with E-state index in [1.165, 1.54) is 49.6 Å². The molecule has 3 rings (SSSR count). The lowest BCUT2D eigenvalue weighted by Gasteiger charge is -2.41. The number of carbonyl (C=O) groups excluding carboxylic acids is 1. The van der Waals surface area contributed by atoms with Gasteiger partial charge in [0.2, 0.25) is 10.0 Å². The third kappa shape index (κ3) is 8.03. The lowest BCUT2D eigenvalue weighted by atomic mass is 9.81. The number of ether oxygens (including phenoxy) is 1. The van der Waals surface area contributed by atoms with Crippen LogP contribution in [0.5, 0.6) is 5.75 Å². The maximum absolute atomic E-state index is 13.2. The number of carbonyl (C=O) groups is 1. The summed E-state index contributed by atoms with van der Waals surface area (Å²) in [5.41, 5.74) is 1.31. The van der Waals surface area contributed by atoms with E-state index in [1.54, 1.807) is 40.1 Å². The summed E-state index contributed by atoms with van der Waals surface area (Å²) in [6.45, 7) is 14.3. The minimum Gasteiger partial charge on any atom is -0.497 e. The fraction of sp³-hybridized carbons (Fsp3) is 0.767. The predicted octanol–water partition coefficient (Wildman–Crippen LogP) is 4.89. The normalized spacial score (nSPS) is 21.8. The molecule has 1 aromatic rings. The number of piperidine rings is 1. The van der Waals surface area contributed by atoms with Crippen LogP contribution in [-0.2, 0) is 14.8 Å². The summed E-state index contributed by atoms with van der Waals surface area (Å²) in [7, 11) is -0.526. The SMILES string of the molecule is CCN(CC)CC1CCN(C2CCC(CC(=O)CCN(C)S(=O)(=O)c3c(C)cc(OC)cc3C)CC2)CC1. The summed E-state index contributed by atoms with van der Waals surface area (Å²) < 4.78 is 33.1. The van der Waals surface area contributed by atoms with Gasteiger partial charge in [-0.25, -0.2) is 12.7 Å². The molecule has 1 aliphatic heterocycles. The monoisotopic (exact) mass is 549 g/mol. The number of aryl methyl sites for hydroxylation is 2. The average molecular weight is 550 g/mol. The van der Waals surface area contributed by atoms with Gasteiger partial charge in [-0.1, -0.05) is 13.8 Å². The van der Waals surface area contributed by atoms with E-state index in [0.717, 1.165) is 31.8 Å². The Morgan fingerprint density at radius 1 is 0.974 bits per heavy atom. The topological polar surface area (TPSA) is 70.2 Å². The van der Waals surface area contributed by atoms with E-state index in [4.69, 9.17) is 4.74 Å². The quantitative estimate of drug-likeness (QED) is 0.349. The van der Waals surface area contributed by atoms with Crippen molar-refractivity contribution in [1.29, 1.82) is 0 Å². The molecule has 7 nitrogen and oxygen atoms in total. The number of nitrogens with zero attached hydrogens (tertiary/aromatic N) is 3. The smallest absolute Gasteiger partial charge is 0.243 e. The summed E-state index contributed by atoms with van der Waals surface area (Å²) in [5.74, 6) is 2.09. The number of benzene rings is 1. The van der Waals surface area contributed by atoms with E-state index in [-0.39, 0.29) is 18.7 Å². The number of hydrogen-bond acceptors (Lipinski definition) is 6. The Kier molecular flexibility index (Phi) is 11.6. The first-order chi connectivity index (χ1) is 18.1.